The molecule has 0 saturated heterocycles. The van der Waals surface area contributed by atoms with Crippen molar-refractivity contribution < 1.29 is 4.39 Å². The van der Waals surface area contributed by atoms with Gasteiger partial charge in [0.05, 0.1) is 11.0 Å². The number of aromatic nitrogens is 2. The van der Waals surface area contributed by atoms with Gasteiger partial charge in [-0.1, -0.05) is 6.07 Å². The summed E-state index contributed by atoms with van der Waals surface area (Å²) >= 11 is 0. The molecule has 20 heavy (non-hydrogen) atoms. The molecule has 0 atom stereocenters. The Morgan fingerprint density at radius 3 is 3.00 bits per heavy atom. The molecule has 0 saturated carbocycles. The number of hydrogen-bond donors (Lipinski definition) is 2. The largest absolute Gasteiger partial charge is 0.399 e. The summed E-state index contributed by atoms with van der Waals surface area (Å²) in [5.74, 6) is 0.506. The molecule has 3 N–H and O–H groups in total. The molecule has 0 fully saturated rings. The molecule has 4 nitrogen and oxygen atoms in total. The molecule has 5 heteroatoms. The van der Waals surface area contributed by atoms with Gasteiger partial charge in [0.1, 0.15) is 5.82 Å². The molecule has 3 aromatic rings. The summed E-state index contributed by atoms with van der Waals surface area (Å²) in [5.41, 5.74) is 10.3. The highest BCUT2D eigenvalue weighted by Crippen LogP contribution is 2.34. The standard InChI is InChI=1S/C15H13FN4/c16-10-2-1-9-5-6-20(14(9)7-10)15-18-12-4-3-11(17)8-13(12)19-15/h1-4,7-8H,5-6,17H2,(H,18,19). The molecule has 0 aliphatic carbocycles. The molecule has 4 rings (SSSR count). The van der Waals surface area contributed by atoms with Crippen molar-refractivity contribution in [3.8, 4) is 0 Å². The fourth-order valence-electron chi connectivity index (χ4n) is 2.71. The first-order chi connectivity index (χ1) is 9.70. The lowest BCUT2D eigenvalue weighted by atomic mass is 10.2. The second kappa shape index (κ2) is 3.96. The van der Waals surface area contributed by atoms with Gasteiger partial charge in [0.2, 0.25) is 5.95 Å². The first-order valence-electron chi connectivity index (χ1n) is 6.52. The van der Waals surface area contributed by atoms with Gasteiger partial charge in [-0.15, -0.1) is 0 Å². The summed E-state index contributed by atoms with van der Waals surface area (Å²) in [5, 5.41) is 0. The normalized spacial score (nSPS) is 13.9. The Labute approximate surface area is 115 Å². The molecule has 0 spiro atoms. The highest BCUT2D eigenvalue weighted by Gasteiger charge is 2.23. The number of fused-ring (bicyclic) bond motifs is 2. The minimum absolute atomic E-state index is 0.226. The van der Waals surface area contributed by atoms with E-state index in [9.17, 15) is 4.39 Å². The molecular weight excluding hydrogens is 255 g/mol. The van der Waals surface area contributed by atoms with Gasteiger partial charge in [0.25, 0.3) is 0 Å². The zero-order valence-electron chi connectivity index (χ0n) is 10.7. The van der Waals surface area contributed by atoms with E-state index in [1.807, 2.05) is 29.2 Å². The van der Waals surface area contributed by atoms with Crippen LogP contribution in [0.15, 0.2) is 36.4 Å². The monoisotopic (exact) mass is 268 g/mol. The van der Waals surface area contributed by atoms with Gasteiger partial charge in [-0.3, -0.25) is 0 Å². The molecule has 0 bridgehead atoms. The first kappa shape index (κ1) is 11.3. The van der Waals surface area contributed by atoms with Crippen LogP contribution in [0, 0.1) is 5.82 Å². The van der Waals surface area contributed by atoms with Crippen molar-refractivity contribution in [2.75, 3.05) is 17.2 Å². The van der Waals surface area contributed by atoms with Gasteiger partial charge in [0.15, 0.2) is 0 Å². The lowest BCUT2D eigenvalue weighted by Gasteiger charge is -2.15. The number of nitrogens with zero attached hydrogens (tertiary/aromatic N) is 2. The van der Waals surface area contributed by atoms with Crippen LogP contribution in [0.3, 0.4) is 0 Å². The molecule has 1 aliphatic heterocycles. The maximum atomic E-state index is 13.4. The summed E-state index contributed by atoms with van der Waals surface area (Å²) in [6.07, 6.45) is 0.898. The Bertz CT molecular complexity index is 809. The maximum Gasteiger partial charge on any atom is 0.208 e. The average molecular weight is 268 g/mol. The van der Waals surface area contributed by atoms with E-state index < -0.39 is 0 Å². The number of H-pyrrole nitrogens is 1. The summed E-state index contributed by atoms with van der Waals surface area (Å²) in [6.45, 7) is 0.800. The third-order valence-electron chi connectivity index (χ3n) is 3.69. The molecule has 100 valence electrons. The average Bonchev–Trinajstić information content (AvgIpc) is 3.00. The van der Waals surface area contributed by atoms with Crippen LogP contribution in [0.1, 0.15) is 5.56 Å². The topological polar surface area (TPSA) is 57.9 Å². The minimum Gasteiger partial charge on any atom is -0.399 e. The van der Waals surface area contributed by atoms with Crippen molar-refractivity contribution in [3.05, 3.63) is 47.8 Å². The molecular formula is C15H13FN4. The number of imidazole rings is 1. The minimum atomic E-state index is -0.226. The van der Waals surface area contributed by atoms with Crippen molar-refractivity contribution in [2.45, 2.75) is 6.42 Å². The second-order valence-electron chi connectivity index (χ2n) is 5.01. The summed E-state index contributed by atoms with van der Waals surface area (Å²) < 4.78 is 13.4. The van der Waals surface area contributed by atoms with E-state index in [-0.39, 0.29) is 5.82 Å². The molecule has 2 heterocycles. The maximum absolute atomic E-state index is 13.4. The number of hydrogen-bond acceptors (Lipinski definition) is 3. The zero-order chi connectivity index (χ0) is 13.7. The Balaban J connectivity index is 1.83. The Kier molecular flexibility index (Phi) is 2.24. The number of rotatable bonds is 1. The molecule has 0 unspecified atom stereocenters. The third kappa shape index (κ3) is 1.63. The Morgan fingerprint density at radius 2 is 2.10 bits per heavy atom. The highest BCUT2D eigenvalue weighted by molar-refractivity contribution is 5.82. The number of benzene rings is 2. The lowest BCUT2D eigenvalue weighted by Crippen LogP contribution is -2.14. The molecule has 0 amide bonds. The van der Waals surface area contributed by atoms with Gasteiger partial charge in [-0.25, -0.2) is 9.37 Å². The van der Waals surface area contributed by atoms with Crippen LogP contribution >= 0.6 is 0 Å². The predicted octanol–water partition coefficient (Wildman–Crippen LogP) is 2.98. The quantitative estimate of drug-likeness (QED) is 0.667. The van der Waals surface area contributed by atoms with Crippen molar-refractivity contribution >= 4 is 28.4 Å². The van der Waals surface area contributed by atoms with Crippen LogP contribution < -0.4 is 10.6 Å². The van der Waals surface area contributed by atoms with Crippen molar-refractivity contribution in [1.82, 2.24) is 9.97 Å². The SMILES string of the molecule is Nc1ccc2nc(N3CCc4ccc(F)cc43)[nH]c2c1. The smallest absolute Gasteiger partial charge is 0.208 e. The molecule has 2 aromatic carbocycles. The number of aromatic amines is 1. The third-order valence-corrected chi connectivity index (χ3v) is 3.69. The van der Waals surface area contributed by atoms with E-state index in [1.54, 1.807) is 6.07 Å². The summed E-state index contributed by atoms with van der Waals surface area (Å²) in [7, 11) is 0. The Hall–Kier alpha value is -2.56. The van der Waals surface area contributed by atoms with Gasteiger partial charge in [-0.05, 0) is 42.3 Å². The first-order valence-corrected chi connectivity index (χ1v) is 6.52. The van der Waals surface area contributed by atoms with Crippen LogP contribution in [-0.2, 0) is 6.42 Å². The predicted molar refractivity (Wildman–Crippen MR) is 77.6 cm³/mol. The molecule has 1 aromatic heterocycles. The van der Waals surface area contributed by atoms with E-state index in [4.69, 9.17) is 5.73 Å². The number of nitrogen functional groups attached to an aromatic ring is 1. The lowest BCUT2D eigenvalue weighted by molar-refractivity contribution is 0.628. The van der Waals surface area contributed by atoms with E-state index in [0.29, 0.717) is 5.69 Å². The zero-order valence-corrected chi connectivity index (χ0v) is 10.7. The van der Waals surface area contributed by atoms with E-state index in [2.05, 4.69) is 9.97 Å². The molecule has 0 radical (unpaired) electrons. The van der Waals surface area contributed by atoms with Crippen LogP contribution in [0.5, 0.6) is 0 Å². The Morgan fingerprint density at radius 1 is 1.20 bits per heavy atom. The van der Waals surface area contributed by atoms with Gasteiger partial charge in [-0.2, -0.15) is 0 Å². The van der Waals surface area contributed by atoms with Crippen LogP contribution in [0.25, 0.3) is 11.0 Å². The number of halogens is 1. The van der Waals surface area contributed by atoms with E-state index >= 15 is 0 Å². The van der Waals surface area contributed by atoms with Gasteiger partial charge < -0.3 is 15.6 Å². The van der Waals surface area contributed by atoms with Gasteiger partial charge >= 0.3 is 0 Å². The van der Waals surface area contributed by atoms with Crippen LogP contribution in [-0.4, -0.2) is 16.5 Å². The van der Waals surface area contributed by atoms with E-state index in [1.165, 1.54) is 6.07 Å². The van der Waals surface area contributed by atoms with Crippen LogP contribution in [0.4, 0.5) is 21.7 Å². The van der Waals surface area contributed by atoms with Gasteiger partial charge in [0, 0.05) is 17.9 Å². The van der Waals surface area contributed by atoms with Crippen LogP contribution in [0.2, 0.25) is 0 Å². The summed E-state index contributed by atoms with van der Waals surface area (Å²) in [4.78, 5) is 9.82. The number of anilines is 3. The van der Waals surface area contributed by atoms with Crippen molar-refractivity contribution in [3.63, 3.8) is 0 Å². The fraction of sp³-hybridized carbons (Fsp3) is 0.133. The van der Waals surface area contributed by atoms with E-state index in [0.717, 1.165) is 41.2 Å². The fourth-order valence-corrected chi connectivity index (χ4v) is 2.71. The highest BCUT2D eigenvalue weighted by atomic mass is 19.1. The second-order valence-corrected chi connectivity index (χ2v) is 5.01. The molecule has 1 aliphatic rings. The van der Waals surface area contributed by atoms with Crippen molar-refractivity contribution in [1.29, 1.82) is 0 Å². The number of nitrogens with two attached hydrogens (primary N) is 1. The summed E-state index contributed by atoms with van der Waals surface area (Å²) in [6, 6.07) is 10.5. The number of nitrogens with one attached hydrogen (secondary N) is 1. The van der Waals surface area contributed by atoms with Crippen molar-refractivity contribution in [2.24, 2.45) is 0 Å².